The van der Waals surface area contributed by atoms with Crippen LogP contribution < -0.4 is 18.6 Å². The molecule has 144 valence electrons. The van der Waals surface area contributed by atoms with Crippen LogP contribution in [0.3, 0.4) is 0 Å². The fourth-order valence-electron chi connectivity index (χ4n) is 3.42. The van der Waals surface area contributed by atoms with Gasteiger partial charge in [0.15, 0.2) is 0 Å². The van der Waals surface area contributed by atoms with Crippen LogP contribution in [-0.2, 0) is 40.0 Å². The molecule has 0 bridgehead atoms. The number of carbonyl (C=O) groups excluding carboxylic acids is 2. The van der Waals surface area contributed by atoms with Crippen LogP contribution in [0.5, 0.6) is 0 Å². The lowest BCUT2D eigenvalue weighted by Gasteiger charge is -2.21. The van der Waals surface area contributed by atoms with E-state index in [0.29, 0.717) is 12.8 Å². The lowest BCUT2D eigenvalue weighted by atomic mass is 9.76. The Bertz CT molecular complexity index is 676. The van der Waals surface area contributed by atoms with Gasteiger partial charge in [-0.05, 0) is 31.2 Å². The van der Waals surface area contributed by atoms with E-state index in [0.717, 1.165) is 42.8 Å². The highest BCUT2D eigenvalue weighted by atomic mass is 35.7. The van der Waals surface area contributed by atoms with Crippen molar-refractivity contribution < 1.29 is 47.6 Å². The molecule has 0 N–H and O–H groups in total. The SMILES string of the molecule is CCCc1cc2c(c(CCC)[o+]1)CC1C(=O)OC(=O)C1C2.[O-][Cl+3]([O-])([O-])[O-]. The quantitative estimate of drug-likeness (QED) is 0.331. The van der Waals surface area contributed by atoms with Gasteiger partial charge in [0, 0.05) is 6.07 Å². The average Bonchev–Trinajstić information content (AvgIpc) is 2.79. The minimum absolute atomic E-state index is 0.295. The molecule has 2 heterocycles. The van der Waals surface area contributed by atoms with E-state index < -0.39 is 10.2 Å². The van der Waals surface area contributed by atoms with Gasteiger partial charge in [0.05, 0.1) is 30.2 Å². The number of halogens is 1. The molecule has 1 saturated heterocycles. The molecule has 0 amide bonds. The topological polar surface area (TPSA) is 147 Å². The van der Waals surface area contributed by atoms with Gasteiger partial charge in [-0.25, -0.2) is 23.1 Å². The number of cyclic esters (lactones) is 2. The highest BCUT2D eigenvalue weighted by Crippen LogP contribution is 2.38. The average molecular weight is 389 g/mol. The summed E-state index contributed by atoms with van der Waals surface area (Å²) in [4.78, 5) is 23.6. The van der Waals surface area contributed by atoms with Gasteiger partial charge in [0.25, 0.3) is 0 Å². The number of hydrogen-bond donors (Lipinski definition) is 0. The first-order chi connectivity index (χ1) is 12.1. The van der Waals surface area contributed by atoms with Gasteiger partial charge in [-0.15, -0.1) is 10.2 Å². The van der Waals surface area contributed by atoms with Crippen molar-refractivity contribution in [3.63, 3.8) is 0 Å². The van der Waals surface area contributed by atoms with E-state index in [1.165, 1.54) is 5.56 Å². The minimum Gasteiger partial charge on any atom is -0.393 e. The molecule has 1 aliphatic heterocycles. The Balaban J connectivity index is 0.000000431. The first-order valence-electron chi connectivity index (χ1n) is 8.47. The predicted octanol–water partition coefficient (Wildman–Crippen LogP) is -1.88. The van der Waals surface area contributed by atoms with Gasteiger partial charge in [-0.3, -0.25) is 9.59 Å². The first kappa shape index (κ1) is 20.7. The van der Waals surface area contributed by atoms with Crippen LogP contribution in [0.15, 0.2) is 10.5 Å². The van der Waals surface area contributed by atoms with E-state index in [-0.39, 0.29) is 23.8 Å². The normalized spacial score (nSPS) is 21.5. The van der Waals surface area contributed by atoms with Crippen molar-refractivity contribution in [1.82, 2.24) is 0 Å². The molecule has 0 spiro atoms. The van der Waals surface area contributed by atoms with Gasteiger partial charge in [-0.1, -0.05) is 13.8 Å². The zero-order valence-electron chi connectivity index (χ0n) is 14.6. The van der Waals surface area contributed by atoms with E-state index in [4.69, 9.17) is 27.8 Å². The van der Waals surface area contributed by atoms with Crippen LogP contribution in [0.25, 0.3) is 0 Å². The number of fused-ring (bicyclic) bond motifs is 2. The molecule has 1 aromatic rings. The Hall–Kier alpha value is -1.58. The fourth-order valence-corrected chi connectivity index (χ4v) is 3.42. The van der Waals surface area contributed by atoms with Crippen molar-refractivity contribution in [2.45, 2.75) is 52.4 Å². The molecule has 8 nitrogen and oxygen atoms in total. The number of ether oxygens (including phenoxy) is 1. The summed E-state index contributed by atoms with van der Waals surface area (Å²) in [6, 6.07) is 2.07. The third kappa shape index (κ3) is 5.21. The summed E-state index contributed by atoms with van der Waals surface area (Å²) in [6.07, 6.45) is 5.00. The summed E-state index contributed by atoms with van der Waals surface area (Å²) in [5.41, 5.74) is 2.30. The highest BCUT2D eigenvalue weighted by molar-refractivity contribution is 5.97. The number of rotatable bonds is 4. The smallest absolute Gasteiger partial charge is 0.332 e. The molecule has 1 aromatic heterocycles. The Morgan fingerprint density at radius 1 is 1.04 bits per heavy atom. The van der Waals surface area contributed by atoms with Gasteiger partial charge in [0.1, 0.15) is 0 Å². The van der Waals surface area contributed by atoms with Crippen LogP contribution in [0.1, 0.15) is 49.3 Å². The Morgan fingerprint density at radius 2 is 1.58 bits per heavy atom. The summed E-state index contributed by atoms with van der Waals surface area (Å²) in [5.74, 6) is 0.644. The van der Waals surface area contributed by atoms with Crippen molar-refractivity contribution >= 4 is 11.9 Å². The maximum absolute atomic E-state index is 11.8. The highest BCUT2D eigenvalue weighted by Gasteiger charge is 2.48. The summed E-state index contributed by atoms with van der Waals surface area (Å²) in [7, 11) is -4.94. The van der Waals surface area contributed by atoms with E-state index in [2.05, 4.69) is 19.9 Å². The van der Waals surface area contributed by atoms with E-state index >= 15 is 0 Å². The van der Waals surface area contributed by atoms with E-state index in [1.807, 2.05) is 0 Å². The summed E-state index contributed by atoms with van der Waals surface area (Å²) >= 11 is 0. The molecule has 0 radical (unpaired) electrons. The number of esters is 2. The zero-order valence-corrected chi connectivity index (χ0v) is 15.4. The van der Waals surface area contributed by atoms with E-state index in [9.17, 15) is 9.59 Å². The molecular formula is C17H21ClO8. The third-order valence-electron chi connectivity index (χ3n) is 4.44. The molecule has 0 aromatic carbocycles. The number of aryl methyl sites for hydroxylation is 2. The second kappa shape index (κ2) is 8.41. The van der Waals surface area contributed by atoms with Crippen LogP contribution in [0.2, 0.25) is 0 Å². The van der Waals surface area contributed by atoms with Gasteiger partial charge in [0.2, 0.25) is 0 Å². The van der Waals surface area contributed by atoms with E-state index in [1.54, 1.807) is 0 Å². The summed E-state index contributed by atoms with van der Waals surface area (Å²) in [5, 5.41) is 0. The largest absolute Gasteiger partial charge is 0.393 e. The minimum atomic E-state index is -4.94. The molecule has 2 aliphatic rings. The maximum atomic E-state index is 11.8. The lowest BCUT2D eigenvalue weighted by molar-refractivity contribution is -2.00. The summed E-state index contributed by atoms with van der Waals surface area (Å²) in [6.45, 7) is 4.24. The van der Waals surface area contributed by atoms with Crippen molar-refractivity contribution in [2.24, 2.45) is 11.8 Å². The molecule has 9 heteroatoms. The van der Waals surface area contributed by atoms with Gasteiger partial charge < -0.3 is 4.74 Å². The molecule has 0 saturated carbocycles. The standard InChI is InChI=1S/C17H21O4.ClHO4/c1-3-5-11-7-10-8-13-14(17(19)21-16(13)18)9-12(10)15(20-11)6-4-2;2-1(3,4)5/h7,13-14H,3-6,8-9H2,1-2H3;(H,2,3,4,5)/q+1;/p-1. The second-order valence-electron chi connectivity index (χ2n) is 6.38. The molecular weight excluding hydrogens is 368 g/mol. The molecule has 3 rings (SSSR count). The number of hydrogen-bond acceptors (Lipinski definition) is 7. The monoisotopic (exact) mass is 388 g/mol. The number of carbonyl (C=O) groups is 2. The molecule has 2 unspecified atom stereocenters. The molecule has 2 atom stereocenters. The van der Waals surface area contributed by atoms with Gasteiger partial charge in [-0.2, -0.15) is 0 Å². The van der Waals surface area contributed by atoms with Crippen molar-refractivity contribution in [1.29, 1.82) is 0 Å². The molecule has 26 heavy (non-hydrogen) atoms. The van der Waals surface area contributed by atoms with Crippen LogP contribution in [0.4, 0.5) is 0 Å². The van der Waals surface area contributed by atoms with Crippen LogP contribution in [-0.4, -0.2) is 11.9 Å². The van der Waals surface area contributed by atoms with Crippen molar-refractivity contribution in [3.05, 3.63) is 28.7 Å². The fraction of sp³-hybridized carbons (Fsp3) is 0.588. The van der Waals surface area contributed by atoms with Gasteiger partial charge >= 0.3 is 23.5 Å². The molecule has 1 aliphatic carbocycles. The maximum Gasteiger partial charge on any atom is 0.332 e. The lowest BCUT2D eigenvalue weighted by Crippen LogP contribution is -2.68. The Labute approximate surface area is 153 Å². The molecule has 1 fully saturated rings. The third-order valence-corrected chi connectivity index (χ3v) is 4.44. The predicted molar refractivity (Wildman–Crippen MR) is 76.6 cm³/mol. The first-order valence-corrected chi connectivity index (χ1v) is 9.71. The summed E-state index contributed by atoms with van der Waals surface area (Å²) < 4.78 is 44.8. The van der Waals surface area contributed by atoms with Crippen molar-refractivity contribution in [3.8, 4) is 0 Å². The van der Waals surface area contributed by atoms with Crippen molar-refractivity contribution in [2.75, 3.05) is 0 Å². The van der Waals surface area contributed by atoms with Crippen LogP contribution >= 0.6 is 0 Å². The second-order valence-corrected chi connectivity index (χ2v) is 7.13. The Morgan fingerprint density at radius 3 is 2.12 bits per heavy atom. The van der Waals surface area contributed by atoms with Crippen LogP contribution in [0, 0.1) is 22.1 Å². The Kier molecular flexibility index (Phi) is 6.70. The zero-order chi connectivity index (χ0) is 19.5.